The summed E-state index contributed by atoms with van der Waals surface area (Å²) in [5.41, 5.74) is 0.103. The molecular formula is C11H10F3NO2. The molecule has 0 aromatic heterocycles. The minimum absolute atomic E-state index is 0.103. The first-order valence-corrected chi connectivity index (χ1v) is 4.99. The number of rotatable bonds is 1. The largest absolute Gasteiger partial charge is 0.439 e. The lowest BCUT2D eigenvalue weighted by atomic mass is 10.0. The summed E-state index contributed by atoms with van der Waals surface area (Å²) in [6, 6.07) is 1.31. The number of nitrogens with zero attached hydrogens (tertiary/aromatic N) is 1. The SMILES string of the molecule is C[C@H]1[C@@H](c2cc(F)c(F)c(F)c2)OC(=O)N1C. The van der Waals surface area contributed by atoms with Crippen molar-refractivity contribution >= 4 is 6.09 Å². The number of cyclic esters (lactones) is 1. The highest BCUT2D eigenvalue weighted by molar-refractivity contribution is 5.70. The van der Waals surface area contributed by atoms with E-state index in [0.717, 1.165) is 12.1 Å². The van der Waals surface area contributed by atoms with Gasteiger partial charge in [0.25, 0.3) is 0 Å². The van der Waals surface area contributed by atoms with Gasteiger partial charge >= 0.3 is 6.09 Å². The van der Waals surface area contributed by atoms with E-state index in [-0.39, 0.29) is 11.6 Å². The highest BCUT2D eigenvalue weighted by Gasteiger charge is 2.37. The Balaban J connectivity index is 2.39. The second-order valence-electron chi connectivity index (χ2n) is 3.95. The predicted octanol–water partition coefficient (Wildman–Crippen LogP) is 2.62. The second-order valence-corrected chi connectivity index (χ2v) is 3.95. The molecule has 1 aliphatic rings. The molecule has 0 N–H and O–H groups in total. The fourth-order valence-electron chi connectivity index (χ4n) is 1.75. The second kappa shape index (κ2) is 3.94. The van der Waals surface area contributed by atoms with Crippen LogP contribution in [0.5, 0.6) is 0 Å². The molecule has 3 nitrogen and oxygen atoms in total. The van der Waals surface area contributed by atoms with Crippen molar-refractivity contribution in [1.29, 1.82) is 0 Å². The molecule has 92 valence electrons. The molecule has 1 aromatic carbocycles. The Morgan fingerprint density at radius 2 is 1.76 bits per heavy atom. The quantitative estimate of drug-likeness (QED) is 0.712. The van der Waals surface area contributed by atoms with Crippen molar-refractivity contribution < 1.29 is 22.7 Å². The zero-order valence-corrected chi connectivity index (χ0v) is 9.21. The van der Waals surface area contributed by atoms with Crippen LogP contribution in [0, 0.1) is 17.5 Å². The number of halogens is 3. The van der Waals surface area contributed by atoms with Crippen LogP contribution in [0.1, 0.15) is 18.6 Å². The van der Waals surface area contributed by atoms with Crippen LogP contribution in [0.25, 0.3) is 0 Å². The van der Waals surface area contributed by atoms with Crippen molar-refractivity contribution in [2.45, 2.75) is 19.1 Å². The Bertz CT molecular complexity index is 455. The molecule has 1 aliphatic heterocycles. The van der Waals surface area contributed by atoms with Crippen LogP contribution in [0.3, 0.4) is 0 Å². The fraction of sp³-hybridized carbons (Fsp3) is 0.364. The lowest BCUT2D eigenvalue weighted by molar-refractivity contribution is 0.131. The van der Waals surface area contributed by atoms with Crippen LogP contribution in [0.2, 0.25) is 0 Å². The lowest BCUT2D eigenvalue weighted by Crippen LogP contribution is -2.27. The Morgan fingerprint density at radius 3 is 2.18 bits per heavy atom. The smallest absolute Gasteiger partial charge is 0.410 e. The fourth-order valence-corrected chi connectivity index (χ4v) is 1.75. The van der Waals surface area contributed by atoms with Crippen molar-refractivity contribution in [1.82, 2.24) is 4.90 Å². The van der Waals surface area contributed by atoms with E-state index in [1.54, 1.807) is 6.92 Å². The normalized spacial score (nSPS) is 24.1. The molecule has 0 aliphatic carbocycles. The van der Waals surface area contributed by atoms with E-state index in [9.17, 15) is 18.0 Å². The van der Waals surface area contributed by atoms with Crippen molar-refractivity contribution in [3.63, 3.8) is 0 Å². The third-order valence-electron chi connectivity index (χ3n) is 2.90. The van der Waals surface area contributed by atoms with E-state index in [1.807, 2.05) is 0 Å². The molecule has 0 radical (unpaired) electrons. The maximum Gasteiger partial charge on any atom is 0.410 e. The predicted molar refractivity (Wildman–Crippen MR) is 52.8 cm³/mol. The molecule has 1 heterocycles. The number of benzene rings is 1. The van der Waals surface area contributed by atoms with E-state index >= 15 is 0 Å². The maximum atomic E-state index is 13.0. The number of amides is 1. The number of hydrogen-bond donors (Lipinski definition) is 0. The van der Waals surface area contributed by atoms with Gasteiger partial charge in [-0.2, -0.15) is 0 Å². The van der Waals surface area contributed by atoms with Gasteiger partial charge in [0.1, 0.15) is 6.10 Å². The van der Waals surface area contributed by atoms with Crippen LogP contribution in [0.15, 0.2) is 12.1 Å². The van der Waals surface area contributed by atoms with E-state index in [4.69, 9.17) is 4.74 Å². The highest BCUT2D eigenvalue weighted by atomic mass is 19.2. The summed E-state index contributed by atoms with van der Waals surface area (Å²) >= 11 is 0. The van der Waals surface area contributed by atoms with E-state index in [0.29, 0.717) is 0 Å². The van der Waals surface area contributed by atoms with Gasteiger partial charge in [0.2, 0.25) is 0 Å². The number of likely N-dealkylation sites (N-methyl/N-ethyl adjacent to an activating group) is 1. The summed E-state index contributed by atoms with van der Waals surface area (Å²) in [5, 5.41) is 0. The van der Waals surface area contributed by atoms with Crippen molar-refractivity contribution in [3.05, 3.63) is 35.1 Å². The monoisotopic (exact) mass is 245 g/mol. The zero-order valence-electron chi connectivity index (χ0n) is 9.21. The Morgan fingerprint density at radius 1 is 1.24 bits per heavy atom. The summed E-state index contributed by atoms with van der Waals surface area (Å²) in [6.45, 7) is 1.68. The first-order chi connectivity index (χ1) is 7.91. The van der Waals surface area contributed by atoms with Crippen LogP contribution in [-0.2, 0) is 4.74 Å². The lowest BCUT2D eigenvalue weighted by Gasteiger charge is -2.16. The number of carbonyl (C=O) groups is 1. The minimum atomic E-state index is -1.53. The Hall–Kier alpha value is -1.72. The van der Waals surface area contributed by atoms with Gasteiger partial charge in [0, 0.05) is 12.6 Å². The van der Waals surface area contributed by atoms with Gasteiger partial charge in [0.15, 0.2) is 17.5 Å². The third-order valence-corrected chi connectivity index (χ3v) is 2.90. The van der Waals surface area contributed by atoms with E-state index < -0.39 is 29.6 Å². The van der Waals surface area contributed by atoms with Crippen LogP contribution in [-0.4, -0.2) is 24.1 Å². The number of hydrogen-bond acceptors (Lipinski definition) is 2. The third kappa shape index (κ3) is 1.83. The minimum Gasteiger partial charge on any atom is -0.439 e. The van der Waals surface area contributed by atoms with Gasteiger partial charge < -0.3 is 9.64 Å². The average Bonchev–Trinajstić information content (AvgIpc) is 2.53. The van der Waals surface area contributed by atoms with Crippen molar-refractivity contribution in [2.24, 2.45) is 0 Å². The number of carbonyl (C=O) groups excluding carboxylic acids is 1. The first kappa shape index (κ1) is 11.8. The van der Waals surface area contributed by atoms with E-state index in [2.05, 4.69) is 0 Å². The van der Waals surface area contributed by atoms with Gasteiger partial charge in [-0.15, -0.1) is 0 Å². The molecule has 0 spiro atoms. The molecule has 1 fully saturated rings. The van der Waals surface area contributed by atoms with Crippen LogP contribution in [0.4, 0.5) is 18.0 Å². The molecule has 1 aromatic rings. The first-order valence-electron chi connectivity index (χ1n) is 4.99. The molecular weight excluding hydrogens is 235 g/mol. The highest BCUT2D eigenvalue weighted by Crippen LogP contribution is 2.32. The molecule has 2 atom stereocenters. The Labute approximate surface area is 95.8 Å². The summed E-state index contributed by atoms with van der Waals surface area (Å²) in [4.78, 5) is 12.6. The molecule has 17 heavy (non-hydrogen) atoms. The summed E-state index contributed by atoms with van der Waals surface area (Å²) in [6.07, 6.45) is -1.37. The number of ether oxygens (including phenoxy) is 1. The summed E-state index contributed by atoms with van der Waals surface area (Å²) < 4.78 is 43.8. The standard InChI is InChI=1S/C11H10F3NO2/c1-5-10(17-11(16)15(5)2)6-3-7(12)9(14)8(13)4-6/h3-5,10H,1-2H3/t5-,10-/m0/s1. The van der Waals surface area contributed by atoms with Crippen LogP contribution < -0.4 is 0 Å². The molecule has 2 rings (SSSR count). The molecule has 0 saturated carbocycles. The molecule has 0 bridgehead atoms. The van der Waals surface area contributed by atoms with Gasteiger partial charge in [-0.25, -0.2) is 18.0 Å². The summed E-state index contributed by atoms with van der Waals surface area (Å²) in [7, 11) is 1.52. The van der Waals surface area contributed by atoms with Crippen molar-refractivity contribution in [2.75, 3.05) is 7.05 Å². The molecule has 1 amide bonds. The molecule has 6 heteroatoms. The average molecular weight is 245 g/mol. The van der Waals surface area contributed by atoms with Crippen LogP contribution >= 0.6 is 0 Å². The topological polar surface area (TPSA) is 29.5 Å². The van der Waals surface area contributed by atoms with Gasteiger partial charge in [0.05, 0.1) is 6.04 Å². The van der Waals surface area contributed by atoms with E-state index in [1.165, 1.54) is 11.9 Å². The molecule has 0 unspecified atom stereocenters. The maximum absolute atomic E-state index is 13.0. The van der Waals surface area contributed by atoms with Gasteiger partial charge in [-0.3, -0.25) is 0 Å². The summed E-state index contributed by atoms with van der Waals surface area (Å²) in [5.74, 6) is -4.12. The zero-order chi connectivity index (χ0) is 12.7. The Kier molecular flexibility index (Phi) is 2.73. The van der Waals surface area contributed by atoms with Gasteiger partial charge in [-0.05, 0) is 19.1 Å². The van der Waals surface area contributed by atoms with Gasteiger partial charge in [-0.1, -0.05) is 0 Å². The molecule has 1 saturated heterocycles. The van der Waals surface area contributed by atoms with Crippen molar-refractivity contribution in [3.8, 4) is 0 Å².